The molecule has 0 aromatic carbocycles. The van der Waals surface area contributed by atoms with E-state index in [1.165, 1.54) is 32.5 Å². The third-order valence-corrected chi connectivity index (χ3v) is 4.84. The summed E-state index contributed by atoms with van der Waals surface area (Å²) >= 11 is 0. The Morgan fingerprint density at radius 2 is 1.82 bits per heavy atom. The molecular formula is C13H28N4. The van der Waals surface area contributed by atoms with Crippen molar-refractivity contribution in [3.8, 4) is 0 Å². The lowest BCUT2D eigenvalue weighted by molar-refractivity contribution is -0.0572. The predicted octanol–water partition coefficient (Wildman–Crippen LogP) is -0.0971. The quantitative estimate of drug-likeness (QED) is 0.728. The van der Waals surface area contributed by atoms with Crippen LogP contribution in [0.5, 0.6) is 0 Å². The number of nitrogens with two attached hydrogens (primary N) is 1. The lowest BCUT2D eigenvalue weighted by Crippen LogP contribution is -2.69. The maximum atomic E-state index is 6.15. The molecule has 3 aliphatic rings. The van der Waals surface area contributed by atoms with Gasteiger partial charge in [0, 0.05) is 31.7 Å². The van der Waals surface area contributed by atoms with Gasteiger partial charge in [-0.05, 0) is 53.0 Å². The van der Waals surface area contributed by atoms with Gasteiger partial charge in [0.05, 0.1) is 0 Å². The molecule has 3 fully saturated rings. The van der Waals surface area contributed by atoms with E-state index in [0.29, 0.717) is 0 Å². The number of rotatable bonds is 5. The number of hydrogen-bond donors (Lipinski definition) is 1. The summed E-state index contributed by atoms with van der Waals surface area (Å²) < 4.78 is 0. The molecule has 0 aliphatic carbocycles. The third-order valence-electron chi connectivity index (χ3n) is 4.84. The van der Waals surface area contributed by atoms with E-state index in [1.54, 1.807) is 0 Å². The van der Waals surface area contributed by atoms with E-state index in [2.05, 4.69) is 35.8 Å². The van der Waals surface area contributed by atoms with Crippen LogP contribution in [0, 0.1) is 5.92 Å². The molecule has 1 unspecified atom stereocenters. The van der Waals surface area contributed by atoms with Crippen molar-refractivity contribution in [2.24, 2.45) is 11.7 Å². The molecule has 0 aromatic heterocycles. The van der Waals surface area contributed by atoms with Crippen molar-refractivity contribution in [2.45, 2.75) is 18.4 Å². The zero-order chi connectivity index (χ0) is 12.5. The van der Waals surface area contributed by atoms with Gasteiger partial charge in [-0.25, -0.2) is 0 Å². The van der Waals surface area contributed by atoms with E-state index < -0.39 is 0 Å². The summed E-state index contributed by atoms with van der Waals surface area (Å²) in [6, 6.07) is 0. The van der Waals surface area contributed by atoms with Crippen molar-refractivity contribution in [2.75, 3.05) is 60.4 Å². The Kier molecular flexibility index (Phi) is 4.08. The SMILES string of the molecule is CN(C)CCN(C)C1(CN)CN2CCC1CC2. The Morgan fingerprint density at radius 1 is 1.18 bits per heavy atom. The van der Waals surface area contributed by atoms with Crippen LogP contribution in [0.15, 0.2) is 0 Å². The van der Waals surface area contributed by atoms with Crippen LogP contribution in [0.1, 0.15) is 12.8 Å². The lowest BCUT2D eigenvalue weighted by Gasteiger charge is -2.57. The molecule has 0 spiro atoms. The van der Waals surface area contributed by atoms with E-state index in [0.717, 1.165) is 25.6 Å². The minimum Gasteiger partial charge on any atom is -0.329 e. The molecule has 100 valence electrons. The van der Waals surface area contributed by atoms with Gasteiger partial charge in [0.1, 0.15) is 0 Å². The summed E-state index contributed by atoms with van der Waals surface area (Å²) in [6.45, 7) is 6.79. The average molecular weight is 240 g/mol. The zero-order valence-electron chi connectivity index (χ0n) is 11.7. The Morgan fingerprint density at radius 3 is 2.24 bits per heavy atom. The Bertz CT molecular complexity index is 248. The van der Waals surface area contributed by atoms with Crippen LogP contribution in [0.2, 0.25) is 0 Å². The Hall–Kier alpha value is -0.160. The normalized spacial score (nSPS) is 37.1. The molecular weight excluding hydrogens is 212 g/mol. The largest absolute Gasteiger partial charge is 0.329 e. The molecule has 0 aromatic rings. The van der Waals surface area contributed by atoms with Crippen molar-refractivity contribution < 1.29 is 0 Å². The highest BCUT2D eigenvalue weighted by atomic mass is 15.3. The van der Waals surface area contributed by atoms with Crippen molar-refractivity contribution in [1.29, 1.82) is 0 Å². The lowest BCUT2D eigenvalue weighted by atomic mass is 9.72. The molecule has 3 heterocycles. The first-order chi connectivity index (χ1) is 8.08. The van der Waals surface area contributed by atoms with E-state index >= 15 is 0 Å². The molecule has 2 bridgehead atoms. The molecule has 3 saturated heterocycles. The summed E-state index contributed by atoms with van der Waals surface area (Å²) in [6.07, 6.45) is 2.67. The van der Waals surface area contributed by atoms with Gasteiger partial charge in [-0.2, -0.15) is 0 Å². The molecule has 0 saturated carbocycles. The van der Waals surface area contributed by atoms with E-state index in [-0.39, 0.29) is 5.54 Å². The molecule has 4 nitrogen and oxygen atoms in total. The van der Waals surface area contributed by atoms with Crippen LogP contribution in [-0.4, -0.2) is 80.7 Å². The summed E-state index contributed by atoms with van der Waals surface area (Å²) in [5.41, 5.74) is 6.39. The van der Waals surface area contributed by atoms with E-state index in [4.69, 9.17) is 5.73 Å². The highest BCUT2D eigenvalue weighted by Crippen LogP contribution is 2.38. The van der Waals surface area contributed by atoms with Crippen molar-refractivity contribution in [3.05, 3.63) is 0 Å². The molecule has 3 aliphatic heterocycles. The second kappa shape index (κ2) is 5.22. The Labute approximate surface area is 106 Å². The van der Waals surface area contributed by atoms with Crippen LogP contribution in [0.25, 0.3) is 0 Å². The first kappa shape index (κ1) is 13.3. The van der Waals surface area contributed by atoms with E-state index in [9.17, 15) is 0 Å². The molecule has 0 radical (unpaired) electrons. The minimum atomic E-state index is 0.243. The zero-order valence-corrected chi connectivity index (χ0v) is 11.7. The van der Waals surface area contributed by atoms with Crippen LogP contribution >= 0.6 is 0 Å². The van der Waals surface area contributed by atoms with Gasteiger partial charge in [-0.1, -0.05) is 0 Å². The molecule has 4 heteroatoms. The number of piperidine rings is 3. The standard InChI is InChI=1S/C13H28N4/c1-15(2)8-9-16(3)13(10-14)11-17-6-4-12(13)5-7-17/h12H,4-11,14H2,1-3H3. The topological polar surface area (TPSA) is 35.7 Å². The third kappa shape index (κ3) is 2.50. The maximum absolute atomic E-state index is 6.15. The molecule has 3 rings (SSSR count). The fourth-order valence-electron chi connectivity index (χ4n) is 3.54. The molecule has 17 heavy (non-hydrogen) atoms. The minimum absolute atomic E-state index is 0.243. The van der Waals surface area contributed by atoms with Gasteiger partial charge in [-0.15, -0.1) is 0 Å². The van der Waals surface area contributed by atoms with E-state index in [1.807, 2.05) is 0 Å². The van der Waals surface area contributed by atoms with Crippen molar-refractivity contribution in [3.63, 3.8) is 0 Å². The van der Waals surface area contributed by atoms with Crippen LogP contribution in [0.4, 0.5) is 0 Å². The molecule has 1 atom stereocenters. The maximum Gasteiger partial charge on any atom is 0.0485 e. The summed E-state index contributed by atoms with van der Waals surface area (Å²) in [7, 11) is 6.54. The number of nitrogens with zero attached hydrogens (tertiary/aromatic N) is 3. The fourth-order valence-corrected chi connectivity index (χ4v) is 3.54. The smallest absolute Gasteiger partial charge is 0.0485 e. The molecule has 0 amide bonds. The van der Waals surface area contributed by atoms with Crippen molar-refractivity contribution >= 4 is 0 Å². The molecule has 2 N–H and O–H groups in total. The fraction of sp³-hybridized carbons (Fsp3) is 1.00. The summed E-state index contributed by atoms with van der Waals surface area (Å²) in [4.78, 5) is 7.38. The number of hydrogen-bond acceptors (Lipinski definition) is 4. The summed E-state index contributed by atoms with van der Waals surface area (Å²) in [5, 5.41) is 0. The van der Waals surface area contributed by atoms with Gasteiger partial charge in [0.25, 0.3) is 0 Å². The monoisotopic (exact) mass is 240 g/mol. The highest BCUT2D eigenvalue weighted by molar-refractivity contribution is 5.05. The second-order valence-corrected chi connectivity index (χ2v) is 6.08. The summed E-state index contributed by atoms with van der Waals surface area (Å²) in [5.74, 6) is 0.810. The van der Waals surface area contributed by atoms with Crippen molar-refractivity contribution in [1.82, 2.24) is 14.7 Å². The van der Waals surface area contributed by atoms with Gasteiger partial charge in [-0.3, -0.25) is 4.90 Å². The average Bonchev–Trinajstić information content (AvgIpc) is 2.36. The van der Waals surface area contributed by atoms with Crippen LogP contribution in [-0.2, 0) is 0 Å². The Balaban J connectivity index is 2.03. The first-order valence-corrected chi connectivity index (χ1v) is 6.87. The highest BCUT2D eigenvalue weighted by Gasteiger charge is 2.47. The predicted molar refractivity (Wildman–Crippen MR) is 72.1 cm³/mol. The second-order valence-electron chi connectivity index (χ2n) is 6.08. The van der Waals surface area contributed by atoms with Crippen LogP contribution in [0.3, 0.4) is 0 Å². The number of likely N-dealkylation sites (N-methyl/N-ethyl adjacent to an activating group) is 2. The van der Waals surface area contributed by atoms with Gasteiger partial charge < -0.3 is 15.5 Å². The van der Waals surface area contributed by atoms with Crippen LogP contribution < -0.4 is 5.73 Å². The first-order valence-electron chi connectivity index (χ1n) is 6.87. The van der Waals surface area contributed by atoms with Gasteiger partial charge >= 0.3 is 0 Å². The number of fused-ring (bicyclic) bond motifs is 3. The van der Waals surface area contributed by atoms with Gasteiger partial charge in [0.15, 0.2) is 0 Å². The van der Waals surface area contributed by atoms with Gasteiger partial charge in [0.2, 0.25) is 0 Å².